The molecular formula is C15H11ClN2OS. The first-order valence-electron chi connectivity index (χ1n) is 6.08. The number of carbonyl (C=O) groups excluding carboxylic acids is 1. The van der Waals surface area contributed by atoms with Crippen LogP contribution in [0.5, 0.6) is 0 Å². The van der Waals surface area contributed by atoms with Crippen molar-refractivity contribution in [1.29, 1.82) is 0 Å². The number of fused-ring (bicyclic) bond motifs is 1. The summed E-state index contributed by atoms with van der Waals surface area (Å²) in [6, 6.07) is 11.2. The van der Waals surface area contributed by atoms with Gasteiger partial charge in [-0.05, 0) is 35.2 Å². The van der Waals surface area contributed by atoms with Crippen LogP contribution in [0, 0.1) is 0 Å². The molecule has 0 saturated carbocycles. The first-order valence-corrected chi connectivity index (χ1v) is 7.34. The lowest BCUT2D eigenvalue weighted by Crippen LogP contribution is -2.22. The third kappa shape index (κ3) is 2.81. The smallest absolute Gasteiger partial charge is 0.253 e. The Morgan fingerprint density at radius 3 is 2.85 bits per heavy atom. The second-order valence-corrected chi connectivity index (χ2v) is 5.72. The lowest BCUT2D eigenvalue weighted by atomic mass is 10.2. The van der Waals surface area contributed by atoms with Crippen molar-refractivity contribution < 1.29 is 4.79 Å². The van der Waals surface area contributed by atoms with Crippen LogP contribution in [0.1, 0.15) is 15.9 Å². The van der Waals surface area contributed by atoms with Gasteiger partial charge in [0.25, 0.3) is 5.91 Å². The molecule has 0 saturated heterocycles. The molecule has 3 nitrogen and oxygen atoms in total. The first-order chi connectivity index (χ1) is 9.72. The van der Waals surface area contributed by atoms with Crippen molar-refractivity contribution in [2.45, 2.75) is 6.54 Å². The van der Waals surface area contributed by atoms with Crippen molar-refractivity contribution in [1.82, 2.24) is 10.3 Å². The van der Waals surface area contributed by atoms with Gasteiger partial charge in [0.1, 0.15) is 0 Å². The van der Waals surface area contributed by atoms with Crippen molar-refractivity contribution in [3.05, 3.63) is 64.1 Å². The van der Waals surface area contributed by atoms with E-state index in [4.69, 9.17) is 11.6 Å². The molecule has 3 aromatic rings. The quantitative estimate of drug-likeness (QED) is 0.798. The number of thiophene rings is 1. The van der Waals surface area contributed by atoms with Crippen LogP contribution in [-0.4, -0.2) is 10.9 Å². The predicted molar refractivity (Wildman–Crippen MR) is 82.2 cm³/mol. The maximum atomic E-state index is 12.1. The van der Waals surface area contributed by atoms with Gasteiger partial charge < -0.3 is 5.32 Å². The lowest BCUT2D eigenvalue weighted by Gasteiger charge is -2.05. The molecule has 3 rings (SSSR count). The molecule has 2 aromatic heterocycles. The van der Waals surface area contributed by atoms with E-state index in [1.807, 2.05) is 41.8 Å². The van der Waals surface area contributed by atoms with E-state index in [9.17, 15) is 4.79 Å². The number of nitrogens with one attached hydrogen (secondary N) is 1. The summed E-state index contributed by atoms with van der Waals surface area (Å²) in [4.78, 5) is 16.3. The third-order valence-electron chi connectivity index (χ3n) is 2.93. The number of rotatable bonds is 3. The minimum Gasteiger partial charge on any atom is -0.348 e. The van der Waals surface area contributed by atoms with E-state index >= 15 is 0 Å². The monoisotopic (exact) mass is 302 g/mol. The van der Waals surface area contributed by atoms with Gasteiger partial charge in [0.15, 0.2) is 0 Å². The van der Waals surface area contributed by atoms with Gasteiger partial charge in [-0.15, -0.1) is 11.3 Å². The Balaban J connectivity index is 1.70. The summed E-state index contributed by atoms with van der Waals surface area (Å²) in [5.41, 5.74) is 2.51. The zero-order chi connectivity index (χ0) is 13.9. The summed E-state index contributed by atoms with van der Waals surface area (Å²) < 4.78 is 1.02. The Labute approximate surface area is 125 Å². The van der Waals surface area contributed by atoms with Gasteiger partial charge >= 0.3 is 0 Å². The van der Waals surface area contributed by atoms with E-state index < -0.39 is 0 Å². The summed E-state index contributed by atoms with van der Waals surface area (Å²) in [5.74, 6) is -0.122. The molecule has 0 spiro atoms. The van der Waals surface area contributed by atoms with Gasteiger partial charge in [0.2, 0.25) is 0 Å². The second-order valence-electron chi connectivity index (χ2n) is 4.34. The summed E-state index contributed by atoms with van der Waals surface area (Å²) in [6.45, 7) is 0.471. The molecule has 1 amide bonds. The van der Waals surface area contributed by atoms with Crippen LogP contribution in [0.2, 0.25) is 5.02 Å². The average Bonchev–Trinajstić information content (AvgIpc) is 2.93. The highest BCUT2D eigenvalue weighted by molar-refractivity contribution is 7.17. The van der Waals surface area contributed by atoms with Crippen molar-refractivity contribution in [2.75, 3.05) is 0 Å². The van der Waals surface area contributed by atoms with E-state index in [-0.39, 0.29) is 5.91 Å². The van der Waals surface area contributed by atoms with E-state index in [1.165, 1.54) is 0 Å². The van der Waals surface area contributed by atoms with Crippen LogP contribution < -0.4 is 5.32 Å². The maximum Gasteiger partial charge on any atom is 0.253 e. The van der Waals surface area contributed by atoms with Gasteiger partial charge in [0.05, 0.1) is 15.8 Å². The van der Waals surface area contributed by atoms with Crippen LogP contribution in [0.4, 0.5) is 0 Å². The van der Waals surface area contributed by atoms with Crippen LogP contribution in [-0.2, 0) is 6.54 Å². The largest absolute Gasteiger partial charge is 0.348 e. The average molecular weight is 303 g/mol. The molecule has 20 heavy (non-hydrogen) atoms. The molecule has 0 aliphatic rings. The van der Waals surface area contributed by atoms with Crippen molar-refractivity contribution in [2.24, 2.45) is 0 Å². The molecule has 0 unspecified atom stereocenters. The van der Waals surface area contributed by atoms with Gasteiger partial charge in [0, 0.05) is 17.8 Å². The van der Waals surface area contributed by atoms with Crippen LogP contribution in [0.15, 0.2) is 48.0 Å². The van der Waals surface area contributed by atoms with Crippen LogP contribution >= 0.6 is 22.9 Å². The number of carbonyl (C=O) groups is 1. The molecule has 2 heterocycles. The minimum absolute atomic E-state index is 0.122. The Morgan fingerprint density at radius 1 is 1.25 bits per heavy atom. The molecule has 5 heteroatoms. The summed E-state index contributed by atoms with van der Waals surface area (Å²) in [5, 5.41) is 5.53. The standard InChI is InChI=1S/C15H11ClN2OS/c16-12-3-1-10(2-4-12)8-18-15(19)11-7-14-13(17-9-11)5-6-20-14/h1-7,9H,8H2,(H,18,19). The fraction of sp³-hybridized carbons (Fsp3) is 0.0667. The Kier molecular flexibility index (Phi) is 3.67. The molecule has 1 aromatic carbocycles. The number of benzene rings is 1. The van der Waals surface area contributed by atoms with E-state index in [0.29, 0.717) is 17.1 Å². The number of amides is 1. The lowest BCUT2D eigenvalue weighted by molar-refractivity contribution is 0.0951. The van der Waals surface area contributed by atoms with E-state index in [1.54, 1.807) is 17.5 Å². The third-order valence-corrected chi connectivity index (χ3v) is 4.04. The number of pyridine rings is 1. The number of hydrogen-bond acceptors (Lipinski definition) is 3. The van der Waals surface area contributed by atoms with Gasteiger partial charge in [-0.25, -0.2) is 0 Å². The number of hydrogen-bond donors (Lipinski definition) is 1. The molecule has 0 aliphatic heterocycles. The van der Waals surface area contributed by atoms with Crippen molar-refractivity contribution in [3.63, 3.8) is 0 Å². The fourth-order valence-electron chi connectivity index (χ4n) is 1.86. The fourth-order valence-corrected chi connectivity index (χ4v) is 2.76. The topological polar surface area (TPSA) is 42.0 Å². The predicted octanol–water partition coefficient (Wildman–Crippen LogP) is 3.88. The molecule has 0 atom stereocenters. The highest BCUT2D eigenvalue weighted by atomic mass is 35.5. The molecule has 0 radical (unpaired) electrons. The van der Waals surface area contributed by atoms with E-state index in [0.717, 1.165) is 15.8 Å². The normalized spacial score (nSPS) is 10.7. The van der Waals surface area contributed by atoms with E-state index in [2.05, 4.69) is 10.3 Å². The molecular weight excluding hydrogens is 292 g/mol. The highest BCUT2D eigenvalue weighted by Crippen LogP contribution is 2.19. The van der Waals surface area contributed by atoms with Gasteiger partial charge in [-0.3, -0.25) is 9.78 Å². The Bertz CT molecular complexity index is 752. The first kappa shape index (κ1) is 13.1. The number of halogens is 1. The van der Waals surface area contributed by atoms with Crippen LogP contribution in [0.3, 0.4) is 0 Å². The Morgan fingerprint density at radius 2 is 2.05 bits per heavy atom. The van der Waals surface area contributed by atoms with Gasteiger partial charge in [-0.1, -0.05) is 23.7 Å². The second kappa shape index (κ2) is 5.61. The molecule has 0 fully saturated rings. The summed E-state index contributed by atoms with van der Waals surface area (Å²) in [7, 11) is 0. The van der Waals surface area contributed by atoms with Crippen molar-refractivity contribution in [3.8, 4) is 0 Å². The molecule has 100 valence electrons. The Hall–Kier alpha value is -1.91. The zero-order valence-electron chi connectivity index (χ0n) is 10.5. The maximum absolute atomic E-state index is 12.1. The summed E-state index contributed by atoms with van der Waals surface area (Å²) >= 11 is 7.40. The number of aromatic nitrogens is 1. The zero-order valence-corrected chi connectivity index (χ0v) is 12.0. The molecule has 1 N–H and O–H groups in total. The molecule has 0 bridgehead atoms. The number of nitrogens with zero attached hydrogens (tertiary/aromatic N) is 1. The minimum atomic E-state index is -0.122. The van der Waals surface area contributed by atoms with Crippen molar-refractivity contribution >= 4 is 39.1 Å². The van der Waals surface area contributed by atoms with Gasteiger partial charge in [-0.2, -0.15) is 0 Å². The summed E-state index contributed by atoms with van der Waals surface area (Å²) in [6.07, 6.45) is 1.60. The highest BCUT2D eigenvalue weighted by Gasteiger charge is 2.07. The van der Waals surface area contributed by atoms with Crippen LogP contribution in [0.25, 0.3) is 10.2 Å². The SMILES string of the molecule is O=C(NCc1ccc(Cl)cc1)c1cnc2ccsc2c1. The molecule has 0 aliphatic carbocycles.